The van der Waals surface area contributed by atoms with E-state index in [1.54, 1.807) is 6.08 Å². The first kappa shape index (κ1) is 8.43. The summed E-state index contributed by atoms with van der Waals surface area (Å²) in [5.74, 6) is 0. The van der Waals surface area contributed by atoms with Crippen molar-refractivity contribution in [2.24, 2.45) is 0 Å². The highest BCUT2D eigenvalue weighted by molar-refractivity contribution is 8.29. The molecule has 0 aliphatic carbocycles. The zero-order valence-corrected chi connectivity index (χ0v) is 7.76. The number of hydrogen-bond acceptors (Lipinski definition) is 3. The van der Waals surface area contributed by atoms with Gasteiger partial charge in [-0.25, -0.2) is 8.42 Å². The van der Waals surface area contributed by atoms with Crippen molar-refractivity contribution in [3.63, 3.8) is 0 Å². The Morgan fingerprint density at radius 3 is 2.60 bits per heavy atom. The van der Waals surface area contributed by atoms with Crippen molar-refractivity contribution in [2.45, 2.75) is 18.6 Å². The molecule has 0 spiro atoms. The molecule has 58 valence electrons. The van der Waals surface area contributed by atoms with Gasteiger partial charge in [0.2, 0.25) is 0 Å². The quantitative estimate of drug-likeness (QED) is 0.604. The van der Waals surface area contributed by atoms with Crippen molar-refractivity contribution in [3.8, 4) is 0 Å². The predicted molar refractivity (Wildman–Crippen MR) is 44.5 cm³/mol. The van der Waals surface area contributed by atoms with E-state index in [9.17, 15) is 8.42 Å². The molecular weight excluding hydrogens is 192 g/mol. The third-order valence-corrected chi connectivity index (χ3v) is 4.54. The Balaban J connectivity index is 2.80. The molecule has 1 rings (SSSR count). The standard InChI is InChI=1S/C5H7ClO2S2/c1-4-2-3-5(9-4)10(6,7)8/h3-4H,2H2,1H3. The van der Waals surface area contributed by atoms with Gasteiger partial charge in [0.25, 0.3) is 9.05 Å². The highest BCUT2D eigenvalue weighted by Crippen LogP contribution is 2.36. The Bertz CT molecular complexity index is 255. The SMILES string of the molecule is CC1CC=C(S(=O)(=O)Cl)S1. The molecule has 0 N–H and O–H groups in total. The summed E-state index contributed by atoms with van der Waals surface area (Å²) in [5.41, 5.74) is 0. The molecule has 0 fully saturated rings. The van der Waals surface area contributed by atoms with E-state index in [0.29, 0.717) is 9.49 Å². The van der Waals surface area contributed by atoms with Gasteiger partial charge in [0.1, 0.15) is 4.24 Å². The summed E-state index contributed by atoms with van der Waals surface area (Å²) in [6.45, 7) is 1.97. The molecule has 0 bridgehead atoms. The van der Waals surface area contributed by atoms with Crippen LogP contribution in [0, 0.1) is 0 Å². The molecule has 0 aromatic carbocycles. The van der Waals surface area contributed by atoms with Crippen LogP contribution in [0.1, 0.15) is 13.3 Å². The summed E-state index contributed by atoms with van der Waals surface area (Å²) < 4.78 is 21.6. The normalized spacial score (nSPS) is 26.6. The second kappa shape index (κ2) is 2.75. The minimum Gasteiger partial charge on any atom is -0.206 e. The van der Waals surface area contributed by atoms with E-state index < -0.39 is 9.05 Å². The van der Waals surface area contributed by atoms with E-state index in [2.05, 4.69) is 0 Å². The molecule has 5 heteroatoms. The molecule has 1 aliphatic heterocycles. The fourth-order valence-corrected chi connectivity index (χ4v) is 3.26. The first-order valence-corrected chi connectivity index (χ1v) is 6.00. The van der Waals surface area contributed by atoms with Crippen LogP contribution in [0.25, 0.3) is 0 Å². The summed E-state index contributed by atoms with van der Waals surface area (Å²) in [7, 11) is 1.65. The third kappa shape index (κ3) is 1.90. The summed E-state index contributed by atoms with van der Waals surface area (Å²) in [5, 5.41) is 0.350. The Morgan fingerprint density at radius 2 is 2.40 bits per heavy atom. The van der Waals surface area contributed by atoms with Gasteiger partial charge in [-0.15, -0.1) is 11.8 Å². The largest absolute Gasteiger partial charge is 0.266 e. The van der Waals surface area contributed by atoms with Crippen molar-refractivity contribution < 1.29 is 8.42 Å². The number of thioether (sulfide) groups is 1. The lowest BCUT2D eigenvalue weighted by molar-refractivity contribution is 0.616. The van der Waals surface area contributed by atoms with Gasteiger partial charge in [0.15, 0.2) is 0 Å². The van der Waals surface area contributed by atoms with Gasteiger partial charge in [0, 0.05) is 15.9 Å². The van der Waals surface area contributed by atoms with Crippen LogP contribution >= 0.6 is 22.4 Å². The Morgan fingerprint density at radius 1 is 1.80 bits per heavy atom. The van der Waals surface area contributed by atoms with E-state index in [1.165, 1.54) is 11.8 Å². The van der Waals surface area contributed by atoms with Gasteiger partial charge in [-0.05, 0) is 6.42 Å². The summed E-state index contributed by atoms with van der Waals surface area (Å²) >= 11 is 1.31. The van der Waals surface area contributed by atoms with Gasteiger partial charge in [-0.1, -0.05) is 13.0 Å². The second-order valence-electron chi connectivity index (χ2n) is 2.13. The van der Waals surface area contributed by atoms with Gasteiger partial charge in [-0.2, -0.15) is 0 Å². The smallest absolute Gasteiger partial charge is 0.206 e. The minimum absolute atomic E-state index is 0.307. The lowest BCUT2D eigenvalue weighted by atomic mass is 10.3. The molecule has 1 unspecified atom stereocenters. The van der Waals surface area contributed by atoms with E-state index in [0.717, 1.165) is 6.42 Å². The molecule has 0 saturated carbocycles. The van der Waals surface area contributed by atoms with Crippen LogP contribution in [-0.2, 0) is 9.05 Å². The molecule has 10 heavy (non-hydrogen) atoms. The van der Waals surface area contributed by atoms with Crippen molar-refractivity contribution in [3.05, 3.63) is 10.3 Å². The summed E-state index contributed by atoms with van der Waals surface area (Å²) in [6.07, 6.45) is 2.46. The maximum absolute atomic E-state index is 10.7. The first-order valence-electron chi connectivity index (χ1n) is 2.81. The average molecular weight is 199 g/mol. The fraction of sp³-hybridized carbons (Fsp3) is 0.600. The lowest BCUT2D eigenvalue weighted by Crippen LogP contribution is -1.89. The maximum atomic E-state index is 10.7. The van der Waals surface area contributed by atoms with Crippen LogP contribution in [0.4, 0.5) is 0 Å². The number of halogens is 1. The van der Waals surface area contributed by atoms with Crippen LogP contribution in [0.5, 0.6) is 0 Å². The highest BCUT2D eigenvalue weighted by atomic mass is 35.7. The molecule has 0 aromatic rings. The Hall–Kier alpha value is 0.330. The predicted octanol–water partition coefficient (Wildman–Crippen LogP) is 1.92. The maximum Gasteiger partial charge on any atom is 0.266 e. The molecule has 2 nitrogen and oxygen atoms in total. The fourth-order valence-electron chi connectivity index (χ4n) is 0.714. The molecule has 1 aliphatic rings. The number of hydrogen-bond donors (Lipinski definition) is 0. The van der Waals surface area contributed by atoms with Gasteiger partial charge < -0.3 is 0 Å². The van der Waals surface area contributed by atoms with Crippen molar-refractivity contribution >= 4 is 31.5 Å². The van der Waals surface area contributed by atoms with E-state index >= 15 is 0 Å². The van der Waals surface area contributed by atoms with E-state index in [1.807, 2.05) is 6.92 Å². The first-order chi connectivity index (χ1) is 4.50. The van der Waals surface area contributed by atoms with Crippen LogP contribution in [-0.4, -0.2) is 13.7 Å². The van der Waals surface area contributed by atoms with Crippen LogP contribution < -0.4 is 0 Å². The van der Waals surface area contributed by atoms with Crippen molar-refractivity contribution in [1.82, 2.24) is 0 Å². The molecule has 1 heterocycles. The monoisotopic (exact) mass is 198 g/mol. The molecule has 0 saturated heterocycles. The Kier molecular flexibility index (Phi) is 2.32. The minimum atomic E-state index is -3.44. The summed E-state index contributed by atoms with van der Waals surface area (Å²) in [4.78, 5) is 0. The molecular formula is C5H7ClO2S2. The van der Waals surface area contributed by atoms with Crippen LogP contribution in [0.15, 0.2) is 10.3 Å². The summed E-state index contributed by atoms with van der Waals surface area (Å²) in [6, 6.07) is 0. The number of rotatable bonds is 1. The number of allylic oxidation sites excluding steroid dienone is 1. The lowest BCUT2D eigenvalue weighted by Gasteiger charge is -1.97. The van der Waals surface area contributed by atoms with Gasteiger partial charge in [-0.3, -0.25) is 0 Å². The zero-order chi connectivity index (χ0) is 7.78. The zero-order valence-electron chi connectivity index (χ0n) is 5.37. The van der Waals surface area contributed by atoms with Gasteiger partial charge in [0.05, 0.1) is 0 Å². The van der Waals surface area contributed by atoms with Crippen molar-refractivity contribution in [2.75, 3.05) is 0 Å². The van der Waals surface area contributed by atoms with Crippen molar-refractivity contribution in [1.29, 1.82) is 0 Å². The highest BCUT2D eigenvalue weighted by Gasteiger charge is 2.22. The molecule has 0 amide bonds. The molecule has 0 aromatic heterocycles. The Labute approximate surface area is 69.1 Å². The molecule has 1 atom stereocenters. The van der Waals surface area contributed by atoms with E-state index in [4.69, 9.17) is 10.7 Å². The molecule has 0 radical (unpaired) electrons. The second-order valence-corrected chi connectivity index (χ2v) is 6.40. The topological polar surface area (TPSA) is 34.1 Å². The third-order valence-electron chi connectivity index (χ3n) is 1.17. The average Bonchev–Trinajstić information content (AvgIpc) is 2.11. The van der Waals surface area contributed by atoms with Crippen LogP contribution in [0.3, 0.4) is 0 Å². The van der Waals surface area contributed by atoms with Crippen LogP contribution in [0.2, 0.25) is 0 Å². The van der Waals surface area contributed by atoms with E-state index in [-0.39, 0.29) is 0 Å². The van der Waals surface area contributed by atoms with Gasteiger partial charge >= 0.3 is 0 Å².